The lowest BCUT2D eigenvalue weighted by Gasteiger charge is -2.20. The summed E-state index contributed by atoms with van der Waals surface area (Å²) >= 11 is 0. The third kappa shape index (κ3) is 4.61. The van der Waals surface area contributed by atoms with Crippen molar-refractivity contribution in [3.8, 4) is 11.5 Å². The molecule has 0 atom stereocenters. The predicted octanol–water partition coefficient (Wildman–Crippen LogP) is 3.92. The minimum absolute atomic E-state index is 0.0969. The number of carbonyl (C=O) groups is 1. The Morgan fingerprint density at radius 3 is 2.39 bits per heavy atom. The number of ether oxygens (including phenoxy) is 2. The fourth-order valence-electron chi connectivity index (χ4n) is 2.89. The average molecular weight is 444 g/mol. The van der Waals surface area contributed by atoms with E-state index in [9.17, 15) is 17.6 Å². The second-order valence-corrected chi connectivity index (χ2v) is 8.44. The van der Waals surface area contributed by atoms with Crippen molar-refractivity contribution in [2.45, 2.75) is 4.90 Å². The van der Waals surface area contributed by atoms with Gasteiger partial charge in [-0.05, 0) is 42.5 Å². The Labute approximate surface area is 180 Å². The molecule has 0 unspecified atom stereocenters. The van der Waals surface area contributed by atoms with Crippen LogP contribution in [0, 0.1) is 5.82 Å². The van der Waals surface area contributed by atoms with Gasteiger partial charge in [-0.1, -0.05) is 18.2 Å². The highest BCUT2D eigenvalue weighted by Crippen LogP contribution is 2.30. The van der Waals surface area contributed by atoms with Gasteiger partial charge in [-0.15, -0.1) is 0 Å². The van der Waals surface area contributed by atoms with Crippen molar-refractivity contribution in [1.82, 2.24) is 0 Å². The standard InChI is InChI=1S/C22H21FN2O5S/c1-25(20-10-5-4-9-18(20)23)31(27,28)17-8-6-7-15(13-17)22(26)24-19-12-11-16(29-2)14-21(19)30-3/h4-14H,1-3H3,(H,24,26). The molecule has 0 aliphatic rings. The van der Waals surface area contributed by atoms with Gasteiger partial charge >= 0.3 is 0 Å². The van der Waals surface area contributed by atoms with Gasteiger partial charge < -0.3 is 14.8 Å². The monoisotopic (exact) mass is 444 g/mol. The fraction of sp³-hybridized carbons (Fsp3) is 0.136. The van der Waals surface area contributed by atoms with Crippen molar-refractivity contribution in [3.63, 3.8) is 0 Å². The highest BCUT2D eigenvalue weighted by molar-refractivity contribution is 7.92. The molecule has 0 aliphatic carbocycles. The van der Waals surface area contributed by atoms with Crippen LogP contribution in [0.15, 0.2) is 71.6 Å². The second kappa shape index (κ2) is 9.05. The van der Waals surface area contributed by atoms with Gasteiger partial charge in [0.2, 0.25) is 0 Å². The lowest BCUT2D eigenvalue weighted by Crippen LogP contribution is -2.27. The second-order valence-electron chi connectivity index (χ2n) is 6.47. The molecule has 0 heterocycles. The first kappa shape index (κ1) is 22.1. The van der Waals surface area contributed by atoms with E-state index in [2.05, 4.69) is 5.32 Å². The van der Waals surface area contributed by atoms with E-state index in [1.54, 1.807) is 18.2 Å². The van der Waals surface area contributed by atoms with Crippen LogP contribution in [0.1, 0.15) is 10.4 Å². The molecule has 0 saturated carbocycles. The number of methoxy groups -OCH3 is 2. The zero-order valence-corrected chi connectivity index (χ0v) is 17.9. The van der Waals surface area contributed by atoms with E-state index in [0.29, 0.717) is 17.2 Å². The number of nitrogens with zero attached hydrogens (tertiary/aromatic N) is 1. The summed E-state index contributed by atoms with van der Waals surface area (Å²) in [6.45, 7) is 0. The molecular formula is C22H21FN2O5S. The number of amides is 1. The number of halogens is 1. The number of carbonyl (C=O) groups excluding carboxylic acids is 1. The molecule has 3 aromatic carbocycles. The molecular weight excluding hydrogens is 423 g/mol. The summed E-state index contributed by atoms with van der Waals surface area (Å²) < 4.78 is 51.3. The smallest absolute Gasteiger partial charge is 0.264 e. The van der Waals surface area contributed by atoms with Crippen molar-refractivity contribution in [2.24, 2.45) is 0 Å². The third-order valence-electron chi connectivity index (χ3n) is 4.60. The molecule has 3 rings (SSSR count). The van der Waals surface area contributed by atoms with Crippen LogP contribution in [0.4, 0.5) is 15.8 Å². The number of hydrogen-bond acceptors (Lipinski definition) is 5. The van der Waals surface area contributed by atoms with Gasteiger partial charge in [-0.2, -0.15) is 0 Å². The number of nitrogens with one attached hydrogen (secondary N) is 1. The summed E-state index contributed by atoms with van der Waals surface area (Å²) in [6, 6.07) is 15.9. The Morgan fingerprint density at radius 1 is 0.968 bits per heavy atom. The normalized spacial score (nSPS) is 11.0. The van der Waals surface area contributed by atoms with Crippen molar-refractivity contribution >= 4 is 27.3 Å². The van der Waals surface area contributed by atoms with Gasteiger partial charge in [0.05, 0.1) is 30.5 Å². The molecule has 7 nitrogen and oxygen atoms in total. The first-order valence-corrected chi connectivity index (χ1v) is 10.6. The van der Waals surface area contributed by atoms with Gasteiger partial charge in [0.15, 0.2) is 0 Å². The number of benzene rings is 3. The number of anilines is 2. The maximum Gasteiger partial charge on any atom is 0.264 e. The van der Waals surface area contributed by atoms with Crippen LogP contribution in [-0.2, 0) is 10.0 Å². The molecule has 0 aliphatic heterocycles. The SMILES string of the molecule is COc1ccc(NC(=O)c2cccc(S(=O)(=O)N(C)c3ccccc3F)c2)c(OC)c1. The molecule has 0 saturated heterocycles. The minimum Gasteiger partial charge on any atom is -0.497 e. The zero-order valence-electron chi connectivity index (χ0n) is 17.1. The van der Waals surface area contributed by atoms with E-state index in [4.69, 9.17) is 9.47 Å². The largest absolute Gasteiger partial charge is 0.497 e. The quantitative estimate of drug-likeness (QED) is 0.597. The van der Waals surface area contributed by atoms with Gasteiger partial charge in [-0.3, -0.25) is 9.10 Å². The van der Waals surface area contributed by atoms with E-state index in [-0.39, 0.29) is 16.1 Å². The number of hydrogen-bond donors (Lipinski definition) is 1. The summed E-state index contributed by atoms with van der Waals surface area (Å²) in [4.78, 5) is 12.6. The highest BCUT2D eigenvalue weighted by atomic mass is 32.2. The van der Waals surface area contributed by atoms with Crippen molar-refractivity contribution in [2.75, 3.05) is 30.9 Å². The Bertz CT molecular complexity index is 1210. The predicted molar refractivity (Wildman–Crippen MR) is 116 cm³/mol. The fourth-order valence-corrected chi connectivity index (χ4v) is 4.14. The first-order valence-electron chi connectivity index (χ1n) is 9.15. The summed E-state index contributed by atoms with van der Waals surface area (Å²) in [5, 5.41) is 2.69. The molecule has 1 N–H and O–H groups in total. The summed E-state index contributed by atoms with van der Waals surface area (Å²) in [5.74, 6) is -0.266. The van der Waals surface area contributed by atoms with Crippen molar-refractivity contribution < 1.29 is 27.1 Å². The molecule has 0 bridgehead atoms. The molecule has 0 spiro atoms. The van der Waals surface area contributed by atoms with Gasteiger partial charge in [0.1, 0.15) is 17.3 Å². The van der Waals surface area contributed by atoms with Crippen LogP contribution in [-0.4, -0.2) is 35.6 Å². The van der Waals surface area contributed by atoms with Crippen LogP contribution >= 0.6 is 0 Å². The van der Waals surface area contributed by atoms with Crippen molar-refractivity contribution in [1.29, 1.82) is 0 Å². The summed E-state index contributed by atoms with van der Waals surface area (Å²) in [5.41, 5.74) is 0.409. The topological polar surface area (TPSA) is 84.9 Å². The van der Waals surface area contributed by atoms with Gasteiger partial charge in [0.25, 0.3) is 15.9 Å². The number of sulfonamides is 1. The van der Waals surface area contributed by atoms with Crippen LogP contribution in [0.25, 0.3) is 0 Å². The zero-order chi connectivity index (χ0) is 22.6. The summed E-state index contributed by atoms with van der Waals surface area (Å²) in [7, 11) is 0.125. The number of rotatable bonds is 7. The third-order valence-corrected chi connectivity index (χ3v) is 6.37. The first-order chi connectivity index (χ1) is 14.8. The highest BCUT2D eigenvalue weighted by Gasteiger charge is 2.24. The molecule has 3 aromatic rings. The average Bonchev–Trinajstić information content (AvgIpc) is 2.79. The Hall–Kier alpha value is -3.59. The van der Waals surface area contributed by atoms with E-state index >= 15 is 0 Å². The Kier molecular flexibility index (Phi) is 6.45. The van der Waals surface area contributed by atoms with Gasteiger partial charge in [0, 0.05) is 18.7 Å². The van der Waals surface area contributed by atoms with Crippen LogP contribution in [0.5, 0.6) is 11.5 Å². The van der Waals surface area contributed by atoms with Crippen molar-refractivity contribution in [3.05, 3.63) is 78.1 Å². The van der Waals surface area contributed by atoms with E-state index in [0.717, 1.165) is 4.31 Å². The minimum atomic E-state index is -4.09. The van der Waals surface area contributed by atoms with Crippen LogP contribution < -0.4 is 19.1 Å². The Balaban J connectivity index is 1.89. The van der Waals surface area contributed by atoms with E-state index in [1.165, 1.54) is 69.8 Å². The lowest BCUT2D eigenvalue weighted by atomic mass is 10.2. The van der Waals surface area contributed by atoms with Crippen LogP contribution in [0.3, 0.4) is 0 Å². The Morgan fingerprint density at radius 2 is 1.71 bits per heavy atom. The van der Waals surface area contributed by atoms with E-state index in [1.807, 2.05) is 0 Å². The van der Waals surface area contributed by atoms with Gasteiger partial charge in [-0.25, -0.2) is 12.8 Å². The number of para-hydroxylation sites is 1. The summed E-state index contributed by atoms with van der Waals surface area (Å²) in [6.07, 6.45) is 0. The lowest BCUT2D eigenvalue weighted by molar-refractivity contribution is 0.102. The molecule has 0 fully saturated rings. The molecule has 0 aromatic heterocycles. The molecule has 0 radical (unpaired) electrons. The molecule has 31 heavy (non-hydrogen) atoms. The molecule has 9 heteroatoms. The maximum absolute atomic E-state index is 14.1. The van der Waals surface area contributed by atoms with E-state index < -0.39 is 21.7 Å². The molecule has 1 amide bonds. The maximum atomic E-state index is 14.1. The molecule has 162 valence electrons. The van der Waals surface area contributed by atoms with Crippen LogP contribution in [0.2, 0.25) is 0 Å².